The molecule has 0 aliphatic heterocycles. The number of anilines is 3. The Bertz CT molecular complexity index is 3140. The van der Waals surface area contributed by atoms with E-state index in [2.05, 4.69) is 179 Å². The molecular formula is C51H36N2O. The van der Waals surface area contributed by atoms with E-state index in [4.69, 9.17) is 4.42 Å². The van der Waals surface area contributed by atoms with Crippen molar-refractivity contribution in [1.82, 2.24) is 4.57 Å². The number of hydrogen-bond donors (Lipinski definition) is 0. The number of hydrogen-bond acceptors (Lipinski definition) is 2. The molecule has 12 rings (SSSR count). The molecule has 0 unspecified atom stereocenters. The molecule has 0 N–H and O–H groups in total. The second-order valence-electron chi connectivity index (χ2n) is 15.2. The van der Waals surface area contributed by atoms with Crippen LogP contribution in [0, 0.1) is 0 Å². The van der Waals surface area contributed by atoms with Gasteiger partial charge in [0.15, 0.2) is 0 Å². The highest BCUT2D eigenvalue weighted by molar-refractivity contribution is 6.15. The number of fused-ring (bicyclic) bond motifs is 12. The van der Waals surface area contributed by atoms with Gasteiger partial charge < -0.3 is 13.9 Å². The molecule has 0 atom stereocenters. The summed E-state index contributed by atoms with van der Waals surface area (Å²) in [7, 11) is 0. The normalized spacial score (nSPS) is 14.5. The highest BCUT2D eigenvalue weighted by Gasteiger charge is 2.45. The lowest BCUT2D eigenvalue weighted by Gasteiger charge is -2.30. The van der Waals surface area contributed by atoms with Crippen LogP contribution in [0.25, 0.3) is 71.3 Å². The molecular weight excluding hydrogens is 657 g/mol. The van der Waals surface area contributed by atoms with Crippen molar-refractivity contribution < 1.29 is 4.42 Å². The average Bonchev–Trinajstić information content (AvgIpc) is 4.01. The first-order valence-electron chi connectivity index (χ1n) is 19.2. The van der Waals surface area contributed by atoms with E-state index in [0.717, 1.165) is 33.3 Å². The molecule has 54 heavy (non-hydrogen) atoms. The Labute approximate surface area is 313 Å². The lowest BCUT2D eigenvalue weighted by Crippen LogP contribution is -2.21. The maximum atomic E-state index is 6.49. The fraction of sp³-hybridized carbons (Fsp3) is 0.0980. The van der Waals surface area contributed by atoms with Crippen LogP contribution in [0.1, 0.15) is 36.8 Å². The van der Waals surface area contributed by atoms with Crippen LogP contribution in [0.15, 0.2) is 174 Å². The molecule has 2 aromatic heterocycles. The molecule has 3 heteroatoms. The molecule has 3 nitrogen and oxygen atoms in total. The molecule has 2 aliphatic carbocycles. The average molecular weight is 693 g/mol. The number of furan rings is 1. The summed E-state index contributed by atoms with van der Waals surface area (Å²) in [6.07, 6.45) is 4.92. The number of nitrogens with zero attached hydrogens (tertiary/aromatic N) is 2. The van der Waals surface area contributed by atoms with Gasteiger partial charge in [0.25, 0.3) is 0 Å². The minimum Gasteiger partial charge on any atom is -0.456 e. The number of benzene rings is 8. The zero-order valence-electron chi connectivity index (χ0n) is 29.8. The van der Waals surface area contributed by atoms with Gasteiger partial charge in [0.1, 0.15) is 11.2 Å². The van der Waals surface area contributed by atoms with Crippen molar-refractivity contribution in [3.8, 4) is 16.8 Å². The largest absolute Gasteiger partial charge is 0.456 e. The fourth-order valence-electron chi connectivity index (χ4n) is 10.2. The van der Waals surface area contributed by atoms with E-state index >= 15 is 0 Å². The van der Waals surface area contributed by atoms with Crippen molar-refractivity contribution >= 4 is 71.6 Å². The number of para-hydroxylation sites is 2. The molecule has 0 amide bonds. The van der Waals surface area contributed by atoms with E-state index in [1.54, 1.807) is 0 Å². The molecule has 0 radical (unpaired) electrons. The Morgan fingerprint density at radius 2 is 1.19 bits per heavy atom. The lowest BCUT2D eigenvalue weighted by molar-refractivity contribution is 0.550. The van der Waals surface area contributed by atoms with Crippen LogP contribution >= 0.6 is 0 Å². The van der Waals surface area contributed by atoms with Crippen LogP contribution in [-0.4, -0.2) is 4.57 Å². The van der Waals surface area contributed by atoms with Crippen LogP contribution in [0.3, 0.4) is 0 Å². The van der Waals surface area contributed by atoms with E-state index in [0.29, 0.717) is 0 Å². The highest BCUT2D eigenvalue weighted by Crippen LogP contribution is 2.58. The standard InChI is InChI=1S/C51H36N2O/c1-2-13-34-30-35(23-22-33(34)12-1)53-45-18-7-4-15-40(45)42-31-36(25-27-46(42)53)52(47-19-11-21-49-50(47)41-16-5-8-20-48(41)54-49)37-24-26-39-38-14-3-6-17-43(38)51(44(39)32-37)28-9-10-29-51/h1-8,11-27,30-32H,9-10,28-29H2. The zero-order valence-corrected chi connectivity index (χ0v) is 29.8. The maximum absolute atomic E-state index is 6.49. The lowest BCUT2D eigenvalue weighted by atomic mass is 9.76. The summed E-state index contributed by atoms with van der Waals surface area (Å²) in [6.45, 7) is 0. The first kappa shape index (κ1) is 29.9. The van der Waals surface area contributed by atoms with Crippen molar-refractivity contribution in [2.24, 2.45) is 0 Å². The van der Waals surface area contributed by atoms with E-state index < -0.39 is 0 Å². The first-order valence-corrected chi connectivity index (χ1v) is 19.2. The minimum atomic E-state index is 0.0686. The van der Waals surface area contributed by atoms with Crippen molar-refractivity contribution in [2.45, 2.75) is 31.1 Å². The molecule has 256 valence electrons. The summed E-state index contributed by atoms with van der Waals surface area (Å²) in [6, 6.07) is 62.6. The summed E-state index contributed by atoms with van der Waals surface area (Å²) >= 11 is 0. The van der Waals surface area contributed by atoms with Crippen molar-refractivity contribution in [3.63, 3.8) is 0 Å². The van der Waals surface area contributed by atoms with Crippen LogP contribution < -0.4 is 4.90 Å². The monoisotopic (exact) mass is 692 g/mol. The van der Waals surface area contributed by atoms with E-state index in [1.165, 1.54) is 91.9 Å². The van der Waals surface area contributed by atoms with Crippen molar-refractivity contribution in [3.05, 3.63) is 181 Å². The SMILES string of the molecule is c1ccc2c(c1)-c1ccc(N(c3ccc4c(c3)c3ccccc3n4-c3ccc4ccccc4c3)c3cccc4oc5ccccc5c34)cc1C21CCCC1. The third-order valence-electron chi connectivity index (χ3n) is 12.5. The minimum absolute atomic E-state index is 0.0686. The van der Waals surface area contributed by atoms with Gasteiger partial charge in [-0.15, -0.1) is 0 Å². The molecule has 1 fully saturated rings. The molecule has 0 saturated heterocycles. The van der Waals surface area contributed by atoms with Gasteiger partial charge in [0.05, 0.1) is 22.1 Å². The highest BCUT2D eigenvalue weighted by atomic mass is 16.3. The van der Waals surface area contributed by atoms with Crippen molar-refractivity contribution in [2.75, 3.05) is 4.90 Å². The van der Waals surface area contributed by atoms with Gasteiger partial charge in [-0.05, 0) is 113 Å². The van der Waals surface area contributed by atoms with Gasteiger partial charge in [-0.25, -0.2) is 0 Å². The van der Waals surface area contributed by atoms with Crippen LogP contribution in [0.5, 0.6) is 0 Å². The molecule has 8 aromatic carbocycles. The van der Waals surface area contributed by atoms with Gasteiger partial charge in [-0.2, -0.15) is 0 Å². The van der Waals surface area contributed by atoms with Gasteiger partial charge in [-0.3, -0.25) is 0 Å². The van der Waals surface area contributed by atoms with Gasteiger partial charge >= 0.3 is 0 Å². The van der Waals surface area contributed by atoms with Gasteiger partial charge in [0, 0.05) is 38.6 Å². The maximum Gasteiger partial charge on any atom is 0.137 e. The summed E-state index contributed by atoms with van der Waals surface area (Å²) in [4.78, 5) is 2.48. The molecule has 0 bridgehead atoms. The Morgan fingerprint density at radius 3 is 2.11 bits per heavy atom. The smallest absolute Gasteiger partial charge is 0.137 e. The Balaban J connectivity index is 1.12. The van der Waals surface area contributed by atoms with Gasteiger partial charge in [-0.1, -0.05) is 116 Å². The predicted molar refractivity (Wildman–Crippen MR) is 225 cm³/mol. The molecule has 2 heterocycles. The molecule has 1 saturated carbocycles. The Morgan fingerprint density at radius 1 is 0.481 bits per heavy atom. The molecule has 1 spiro atoms. The Kier molecular flexibility index (Phi) is 6.22. The van der Waals surface area contributed by atoms with Crippen molar-refractivity contribution in [1.29, 1.82) is 0 Å². The van der Waals surface area contributed by atoms with E-state index in [1.807, 2.05) is 0 Å². The topological polar surface area (TPSA) is 21.3 Å². The van der Waals surface area contributed by atoms with Gasteiger partial charge in [0.2, 0.25) is 0 Å². The van der Waals surface area contributed by atoms with Crippen LogP contribution in [-0.2, 0) is 5.41 Å². The summed E-state index contributed by atoms with van der Waals surface area (Å²) in [5.41, 5.74) is 14.6. The first-order chi connectivity index (χ1) is 26.7. The predicted octanol–water partition coefficient (Wildman–Crippen LogP) is 14.1. The fourth-order valence-corrected chi connectivity index (χ4v) is 10.2. The number of rotatable bonds is 4. The quantitative estimate of drug-likeness (QED) is 0.183. The third-order valence-corrected chi connectivity index (χ3v) is 12.5. The molecule has 2 aliphatic rings. The van der Waals surface area contributed by atoms with Crippen LogP contribution in [0.4, 0.5) is 17.1 Å². The third kappa shape index (κ3) is 4.12. The summed E-state index contributed by atoms with van der Waals surface area (Å²) < 4.78 is 8.91. The second-order valence-corrected chi connectivity index (χ2v) is 15.2. The van der Waals surface area contributed by atoms with E-state index in [9.17, 15) is 0 Å². The summed E-state index contributed by atoms with van der Waals surface area (Å²) in [5.74, 6) is 0. The second kappa shape index (κ2) is 11.2. The Hall–Kier alpha value is -6.58. The van der Waals surface area contributed by atoms with E-state index in [-0.39, 0.29) is 5.41 Å². The molecule has 10 aromatic rings. The van der Waals surface area contributed by atoms with Crippen LogP contribution in [0.2, 0.25) is 0 Å². The zero-order chi connectivity index (χ0) is 35.4. The number of aromatic nitrogens is 1. The summed E-state index contributed by atoms with van der Waals surface area (Å²) in [5, 5.41) is 7.21.